The van der Waals surface area contributed by atoms with Crippen molar-refractivity contribution in [3.8, 4) is 0 Å². The highest BCUT2D eigenvalue weighted by atomic mass is 127. The van der Waals surface area contributed by atoms with E-state index in [0.717, 1.165) is 15.8 Å². The van der Waals surface area contributed by atoms with E-state index in [1.165, 1.54) is 12.8 Å². The third-order valence-electron chi connectivity index (χ3n) is 1.64. The predicted molar refractivity (Wildman–Crippen MR) is 60.8 cm³/mol. The summed E-state index contributed by atoms with van der Waals surface area (Å²) >= 11 is 3.74. The Bertz CT molecular complexity index is 291. The zero-order valence-electron chi connectivity index (χ0n) is 7.05. The number of hydrogen-bond donors (Lipinski definition) is 0. The molecule has 0 fully saturated rings. The maximum atomic E-state index is 11.2. The van der Waals surface area contributed by atoms with Crippen LogP contribution in [0.3, 0.4) is 0 Å². The molecule has 1 aromatic heterocycles. The molecule has 0 amide bonds. The van der Waals surface area contributed by atoms with Gasteiger partial charge in [-0.2, -0.15) is 0 Å². The molecule has 1 heterocycles. The highest BCUT2D eigenvalue weighted by Crippen LogP contribution is 2.09. The molecule has 0 aliphatic carbocycles. The van der Waals surface area contributed by atoms with E-state index in [4.69, 9.17) is 0 Å². The van der Waals surface area contributed by atoms with E-state index in [0.29, 0.717) is 0 Å². The van der Waals surface area contributed by atoms with Gasteiger partial charge in [0.15, 0.2) is 0 Å². The molecule has 0 aromatic carbocycles. The van der Waals surface area contributed by atoms with Crippen LogP contribution in [-0.4, -0.2) is 3.96 Å². The number of aryl methyl sites for hydroxylation is 1. The van der Waals surface area contributed by atoms with E-state index >= 15 is 0 Å². The minimum atomic E-state index is 0.153. The van der Waals surface area contributed by atoms with E-state index in [9.17, 15) is 4.79 Å². The fourth-order valence-electron chi connectivity index (χ4n) is 1.01. The molecule has 4 heteroatoms. The number of hydrogen-bond acceptors (Lipinski definition) is 2. The highest BCUT2D eigenvalue weighted by molar-refractivity contribution is 14.1. The van der Waals surface area contributed by atoms with Gasteiger partial charge < -0.3 is 0 Å². The molecule has 68 valence electrons. The van der Waals surface area contributed by atoms with Crippen molar-refractivity contribution in [3.63, 3.8) is 0 Å². The van der Waals surface area contributed by atoms with E-state index in [-0.39, 0.29) is 5.56 Å². The van der Waals surface area contributed by atoms with Gasteiger partial charge in [0.05, 0.1) is 2.88 Å². The predicted octanol–water partition coefficient (Wildman–Crippen LogP) is 2.70. The molecule has 0 saturated heterocycles. The summed E-state index contributed by atoms with van der Waals surface area (Å²) < 4.78 is 2.91. The third kappa shape index (κ3) is 2.90. The molecule has 0 N–H and O–H groups in total. The van der Waals surface area contributed by atoms with Crippen LogP contribution in [0.4, 0.5) is 0 Å². The summed E-state index contributed by atoms with van der Waals surface area (Å²) in [5.74, 6) is 0. The minimum Gasteiger partial charge on any atom is -0.268 e. The van der Waals surface area contributed by atoms with E-state index in [1.54, 1.807) is 17.6 Å². The molecule has 0 saturated carbocycles. The smallest absolute Gasteiger partial charge is 0.261 e. The second-order valence-corrected chi connectivity index (χ2v) is 5.64. The van der Waals surface area contributed by atoms with Gasteiger partial charge in [-0.25, -0.2) is 0 Å². The molecule has 0 atom stereocenters. The average Bonchev–Trinajstić information content (AvgIpc) is 2.31. The lowest BCUT2D eigenvalue weighted by atomic mass is 10.2. The van der Waals surface area contributed by atoms with Gasteiger partial charge in [0.2, 0.25) is 0 Å². The molecule has 1 aromatic rings. The number of halogens is 1. The van der Waals surface area contributed by atoms with Crippen LogP contribution in [-0.2, 0) is 6.54 Å². The standard InChI is InChI=1S/C8H12INOS/c1-2-3-4-5-10-8(11)6-7(9)12-10/h6H,2-5H2,1H3. The van der Waals surface area contributed by atoms with Crippen LogP contribution in [0.1, 0.15) is 26.2 Å². The first kappa shape index (κ1) is 10.2. The lowest BCUT2D eigenvalue weighted by molar-refractivity contribution is 0.623. The third-order valence-corrected chi connectivity index (χ3v) is 3.42. The largest absolute Gasteiger partial charge is 0.268 e. The van der Waals surface area contributed by atoms with Gasteiger partial charge in [0.25, 0.3) is 5.56 Å². The van der Waals surface area contributed by atoms with Crippen molar-refractivity contribution in [3.05, 3.63) is 19.3 Å². The molecular formula is C8H12INOS. The van der Waals surface area contributed by atoms with Crippen LogP contribution in [0.5, 0.6) is 0 Å². The molecule has 0 aliphatic rings. The van der Waals surface area contributed by atoms with Crippen molar-refractivity contribution in [1.82, 2.24) is 3.96 Å². The summed E-state index contributed by atoms with van der Waals surface area (Å²) in [5.41, 5.74) is 0.153. The Morgan fingerprint density at radius 3 is 2.83 bits per heavy atom. The second kappa shape index (κ2) is 5.01. The van der Waals surface area contributed by atoms with Crippen molar-refractivity contribution in [2.75, 3.05) is 0 Å². The van der Waals surface area contributed by atoms with Crippen molar-refractivity contribution in [2.45, 2.75) is 32.7 Å². The first-order valence-electron chi connectivity index (χ1n) is 4.10. The zero-order valence-corrected chi connectivity index (χ0v) is 10.0. The Hall–Kier alpha value is 0.160. The fourth-order valence-corrected chi connectivity index (χ4v) is 2.71. The number of aromatic nitrogens is 1. The van der Waals surface area contributed by atoms with Gasteiger partial charge >= 0.3 is 0 Å². The quantitative estimate of drug-likeness (QED) is 0.618. The lowest BCUT2D eigenvalue weighted by Crippen LogP contribution is -2.11. The van der Waals surface area contributed by atoms with Crippen molar-refractivity contribution in [1.29, 1.82) is 0 Å². The molecule has 0 unspecified atom stereocenters. The average molecular weight is 297 g/mol. The first-order chi connectivity index (χ1) is 5.74. The van der Waals surface area contributed by atoms with Crippen molar-refractivity contribution >= 4 is 34.1 Å². The van der Waals surface area contributed by atoms with Gasteiger partial charge in [-0.3, -0.25) is 8.75 Å². The van der Waals surface area contributed by atoms with Crippen LogP contribution in [0.15, 0.2) is 10.9 Å². The van der Waals surface area contributed by atoms with E-state index < -0.39 is 0 Å². The van der Waals surface area contributed by atoms with Crippen LogP contribution in [0.2, 0.25) is 0 Å². The lowest BCUT2D eigenvalue weighted by Gasteiger charge is -1.97. The minimum absolute atomic E-state index is 0.153. The van der Waals surface area contributed by atoms with Crippen LogP contribution >= 0.6 is 34.1 Å². The molecule has 2 nitrogen and oxygen atoms in total. The fraction of sp³-hybridized carbons (Fsp3) is 0.625. The highest BCUT2D eigenvalue weighted by Gasteiger charge is 1.99. The van der Waals surface area contributed by atoms with E-state index in [1.807, 2.05) is 3.96 Å². The number of nitrogens with zero attached hydrogens (tertiary/aromatic N) is 1. The Balaban J connectivity index is 2.51. The number of rotatable bonds is 4. The van der Waals surface area contributed by atoms with Crippen LogP contribution in [0.25, 0.3) is 0 Å². The van der Waals surface area contributed by atoms with Gasteiger partial charge in [-0.05, 0) is 40.5 Å². The van der Waals surface area contributed by atoms with Crippen LogP contribution < -0.4 is 5.56 Å². The number of unbranched alkanes of at least 4 members (excludes halogenated alkanes) is 2. The summed E-state index contributed by atoms with van der Waals surface area (Å²) in [6.45, 7) is 3.06. The summed E-state index contributed by atoms with van der Waals surface area (Å²) in [7, 11) is 0. The Kier molecular flexibility index (Phi) is 4.28. The first-order valence-corrected chi connectivity index (χ1v) is 5.96. The van der Waals surface area contributed by atoms with Gasteiger partial charge in [-0.15, -0.1) is 0 Å². The van der Waals surface area contributed by atoms with Crippen molar-refractivity contribution < 1.29 is 0 Å². The summed E-state index contributed by atoms with van der Waals surface area (Å²) in [6.07, 6.45) is 3.53. The monoisotopic (exact) mass is 297 g/mol. The zero-order chi connectivity index (χ0) is 8.97. The van der Waals surface area contributed by atoms with Gasteiger partial charge in [0.1, 0.15) is 0 Å². The van der Waals surface area contributed by atoms with Crippen LogP contribution in [0, 0.1) is 2.88 Å². The molecule has 0 aliphatic heterocycles. The normalized spacial score (nSPS) is 10.5. The van der Waals surface area contributed by atoms with E-state index in [2.05, 4.69) is 29.5 Å². The topological polar surface area (TPSA) is 22.0 Å². The second-order valence-electron chi connectivity index (χ2n) is 2.69. The summed E-state index contributed by atoms with van der Waals surface area (Å²) in [4.78, 5) is 11.2. The summed E-state index contributed by atoms with van der Waals surface area (Å²) in [6, 6.07) is 1.69. The SMILES string of the molecule is CCCCCn1sc(I)cc1=O. The Morgan fingerprint density at radius 1 is 1.58 bits per heavy atom. The molecule has 0 spiro atoms. The van der Waals surface area contributed by atoms with Gasteiger partial charge in [-0.1, -0.05) is 19.8 Å². The molecule has 1 rings (SSSR count). The molecule has 12 heavy (non-hydrogen) atoms. The maximum Gasteiger partial charge on any atom is 0.261 e. The molecule has 0 bridgehead atoms. The summed E-state index contributed by atoms with van der Waals surface area (Å²) in [5, 5.41) is 0. The molecule has 0 radical (unpaired) electrons. The Labute approximate surface area is 89.9 Å². The molecular weight excluding hydrogens is 285 g/mol. The maximum absolute atomic E-state index is 11.2. The van der Waals surface area contributed by atoms with Crippen molar-refractivity contribution in [2.24, 2.45) is 0 Å². The Morgan fingerprint density at radius 2 is 2.33 bits per heavy atom. The van der Waals surface area contributed by atoms with Gasteiger partial charge in [0, 0.05) is 12.6 Å².